The van der Waals surface area contributed by atoms with E-state index < -0.39 is 10.0 Å². The highest BCUT2D eigenvalue weighted by Crippen LogP contribution is 2.29. The molecule has 112 valence electrons. The summed E-state index contributed by atoms with van der Waals surface area (Å²) in [5, 5.41) is 3.18. The molecule has 6 heteroatoms. The maximum atomic E-state index is 12.8. The standard InChI is InChI=1S/C14H22N2O3S/c1-4-15-10-13-11(2)19-12(3)14(13)20(17,18)16-8-6-5-7-9-16/h5-6,15H,4,7-10H2,1-3H3. The summed E-state index contributed by atoms with van der Waals surface area (Å²) in [6.07, 6.45) is 4.67. The molecule has 0 atom stereocenters. The first-order valence-electron chi connectivity index (χ1n) is 6.93. The number of aryl methyl sites for hydroxylation is 2. The van der Waals surface area contributed by atoms with Gasteiger partial charge in [0.15, 0.2) is 0 Å². The number of rotatable bonds is 5. The van der Waals surface area contributed by atoms with Gasteiger partial charge in [-0.25, -0.2) is 8.42 Å². The van der Waals surface area contributed by atoms with E-state index in [0.717, 1.165) is 18.5 Å². The maximum absolute atomic E-state index is 12.8. The van der Waals surface area contributed by atoms with Crippen molar-refractivity contribution in [2.24, 2.45) is 0 Å². The number of nitrogens with one attached hydrogen (secondary N) is 1. The van der Waals surface area contributed by atoms with E-state index in [1.807, 2.05) is 26.0 Å². The smallest absolute Gasteiger partial charge is 0.247 e. The monoisotopic (exact) mass is 298 g/mol. The first-order chi connectivity index (χ1) is 9.48. The van der Waals surface area contributed by atoms with E-state index >= 15 is 0 Å². The molecular formula is C14H22N2O3S. The molecule has 0 fully saturated rings. The molecule has 2 rings (SSSR count). The van der Waals surface area contributed by atoms with Gasteiger partial charge in [0.2, 0.25) is 10.0 Å². The van der Waals surface area contributed by atoms with E-state index in [9.17, 15) is 8.42 Å². The van der Waals surface area contributed by atoms with Crippen LogP contribution in [0.2, 0.25) is 0 Å². The van der Waals surface area contributed by atoms with E-state index in [1.165, 1.54) is 4.31 Å². The van der Waals surface area contributed by atoms with E-state index in [2.05, 4.69) is 5.32 Å². The summed E-state index contributed by atoms with van der Waals surface area (Å²) >= 11 is 0. The van der Waals surface area contributed by atoms with Crippen LogP contribution in [0.25, 0.3) is 0 Å². The van der Waals surface area contributed by atoms with Crippen LogP contribution in [0.3, 0.4) is 0 Å². The normalized spacial score (nSPS) is 16.8. The van der Waals surface area contributed by atoms with Crippen LogP contribution in [0.15, 0.2) is 21.5 Å². The predicted octanol–water partition coefficient (Wildman–Crippen LogP) is 1.96. The molecule has 0 amide bonds. The number of sulfonamides is 1. The van der Waals surface area contributed by atoms with Crippen molar-refractivity contribution >= 4 is 10.0 Å². The van der Waals surface area contributed by atoms with Crippen molar-refractivity contribution in [3.8, 4) is 0 Å². The second-order valence-electron chi connectivity index (χ2n) is 4.93. The lowest BCUT2D eigenvalue weighted by Gasteiger charge is -2.23. The second-order valence-corrected chi connectivity index (χ2v) is 6.80. The molecule has 1 N–H and O–H groups in total. The molecule has 1 aromatic heterocycles. The third kappa shape index (κ3) is 2.82. The Morgan fingerprint density at radius 1 is 1.30 bits per heavy atom. The molecule has 0 radical (unpaired) electrons. The number of nitrogens with zero attached hydrogens (tertiary/aromatic N) is 1. The predicted molar refractivity (Wildman–Crippen MR) is 78.1 cm³/mol. The third-order valence-electron chi connectivity index (χ3n) is 3.50. The summed E-state index contributed by atoms with van der Waals surface area (Å²) in [6, 6.07) is 0. The van der Waals surface area contributed by atoms with Crippen LogP contribution in [0, 0.1) is 13.8 Å². The Labute approximate surface area is 120 Å². The zero-order valence-electron chi connectivity index (χ0n) is 12.3. The highest BCUT2D eigenvalue weighted by Gasteiger charge is 2.32. The Hall–Kier alpha value is -1.11. The van der Waals surface area contributed by atoms with Crippen molar-refractivity contribution in [1.29, 1.82) is 0 Å². The van der Waals surface area contributed by atoms with Gasteiger partial charge in [0.25, 0.3) is 0 Å². The van der Waals surface area contributed by atoms with Gasteiger partial charge in [-0.15, -0.1) is 0 Å². The van der Waals surface area contributed by atoms with Gasteiger partial charge in [-0.3, -0.25) is 0 Å². The Morgan fingerprint density at radius 3 is 2.65 bits per heavy atom. The quantitative estimate of drug-likeness (QED) is 0.844. The van der Waals surface area contributed by atoms with Crippen LogP contribution in [-0.4, -0.2) is 32.4 Å². The van der Waals surface area contributed by atoms with E-state index in [4.69, 9.17) is 4.42 Å². The van der Waals surface area contributed by atoms with Gasteiger partial charge in [-0.2, -0.15) is 4.31 Å². The van der Waals surface area contributed by atoms with Gasteiger partial charge >= 0.3 is 0 Å². The summed E-state index contributed by atoms with van der Waals surface area (Å²) < 4.78 is 32.7. The summed E-state index contributed by atoms with van der Waals surface area (Å²) in [5.74, 6) is 1.15. The maximum Gasteiger partial charge on any atom is 0.247 e. The van der Waals surface area contributed by atoms with Crippen LogP contribution >= 0.6 is 0 Å². The van der Waals surface area contributed by atoms with Crippen molar-refractivity contribution in [3.63, 3.8) is 0 Å². The number of furan rings is 1. The van der Waals surface area contributed by atoms with Gasteiger partial charge in [0.05, 0.1) is 0 Å². The molecule has 0 saturated carbocycles. The second kappa shape index (κ2) is 6.11. The summed E-state index contributed by atoms with van der Waals surface area (Å²) in [4.78, 5) is 0.339. The lowest BCUT2D eigenvalue weighted by molar-refractivity contribution is 0.433. The van der Waals surface area contributed by atoms with Crippen LogP contribution in [0.5, 0.6) is 0 Å². The largest absolute Gasteiger partial charge is 0.465 e. The molecule has 1 aliphatic rings. The minimum absolute atomic E-state index is 0.339. The molecular weight excluding hydrogens is 276 g/mol. The van der Waals surface area contributed by atoms with Crippen molar-refractivity contribution in [1.82, 2.24) is 9.62 Å². The minimum Gasteiger partial charge on any atom is -0.465 e. The van der Waals surface area contributed by atoms with Crippen LogP contribution in [0.1, 0.15) is 30.4 Å². The van der Waals surface area contributed by atoms with Crippen molar-refractivity contribution in [2.45, 2.75) is 38.6 Å². The minimum atomic E-state index is -3.48. The highest BCUT2D eigenvalue weighted by molar-refractivity contribution is 7.89. The molecule has 0 spiro atoms. The molecule has 5 nitrogen and oxygen atoms in total. The number of hydrogen-bond acceptors (Lipinski definition) is 4. The molecule has 1 aromatic rings. The first-order valence-corrected chi connectivity index (χ1v) is 8.37. The molecule has 0 bridgehead atoms. The van der Waals surface area contributed by atoms with E-state index in [1.54, 1.807) is 6.92 Å². The van der Waals surface area contributed by atoms with Gasteiger partial charge in [-0.1, -0.05) is 19.1 Å². The van der Waals surface area contributed by atoms with Crippen molar-refractivity contribution in [2.75, 3.05) is 19.6 Å². The van der Waals surface area contributed by atoms with Crippen LogP contribution < -0.4 is 5.32 Å². The Bertz CT molecular complexity index is 602. The number of hydrogen-bond donors (Lipinski definition) is 1. The fourth-order valence-electron chi connectivity index (χ4n) is 2.47. The van der Waals surface area contributed by atoms with Gasteiger partial charge in [-0.05, 0) is 26.8 Å². The van der Waals surface area contributed by atoms with Gasteiger partial charge in [0, 0.05) is 25.2 Å². The fourth-order valence-corrected chi connectivity index (χ4v) is 4.29. The van der Waals surface area contributed by atoms with Crippen molar-refractivity contribution in [3.05, 3.63) is 29.2 Å². The molecule has 0 aliphatic carbocycles. The fraction of sp³-hybridized carbons (Fsp3) is 0.571. The lowest BCUT2D eigenvalue weighted by atomic mass is 10.2. The lowest BCUT2D eigenvalue weighted by Crippen LogP contribution is -2.34. The zero-order chi connectivity index (χ0) is 14.8. The molecule has 0 saturated heterocycles. The molecule has 2 heterocycles. The van der Waals surface area contributed by atoms with Gasteiger partial charge in [0.1, 0.15) is 16.4 Å². The highest BCUT2D eigenvalue weighted by atomic mass is 32.2. The molecule has 0 aromatic carbocycles. The Kier molecular flexibility index (Phi) is 4.67. The molecule has 1 aliphatic heterocycles. The average molecular weight is 298 g/mol. The van der Waals surface area contributed by atoms with E-state index in [-0.39, 0.29) is 0 Å². The SMILES string of the molecule is CCNCc1c(C)oc(C)c1S(=O)(=O)N1CC=CCC1. The third-order valence-corrected chi connectivity index (χ3v) is 5.56. The Morgan fingerprint density at radius 2 is 2.05 bits per heavy atom. The summed E-state index contributed by atoms with van der Waals surface area (Å²) in [6.45, 7) is 7.79. The Balaban J connectivity index is 2.42. The van der Waals surface area contributed by atoms with Crippen LogP contribution in [-0.2, 0) is 16.6 Å². The zero-order valence-corrected chi connectivity index (χ0v) is 13.1. The first kappa shape index (κ1) is 15.3. The topological polar surface area (TPSA) is 62.6 Å². The molecule has 0 unspecified atom stereocenters. The molecule has 20 heavy (non-hydrogen) atoms. The summed E-state index contributed by atoms with van der Waals surface area (Å²) in [7, 11) is -3.48. The van der Waals surface area contributed by atoms with Crippen molar-refractivity contribution < 1.29 is 12.8 Å². The van der Waals surface area contributed by atoms with Gasteiger partial charge < -0.3 is 9.73 Å². The summed E-state index contributed by atoms with van der Waals surface area (Å²) in [5.41, 5.74) is 0.749. The van der Waals surface area contributed by atoms with Crippen LogP contribution in [0.4, 0.5) is 0 Å². The van der Waals surface area contributed by atoms with E-state index in [0.29, 0.717) is 36.1 Å². The average Bonchev–Trinajstić information content (AvgIpc) is 2.72.